The quantitative estimate of drug-likeness (QED) is 0.505. The molecule has 1 heterocycles. The summed E-state index contributed by atoms with van der Waals surface area (Å²) >= 11 is 0. The van der Waals surface area contributed by atoms with Crippen molar-refractivity contribution in [2.75, 3.05) is 19.5 Å². The van der Waals surface area contributed by atoms with Crippen LogP contribution in [0.3, 0.4) is 0 Å². The van der Waals surface area contributed by atoms with Gasteiger partial charge >= 0.3 is 0 Å². The van der Waals surface area contributed by atoms with E-state index in [-0.39, 0.29) is 6.61 Å². The summed E-state index contributed by atoms with van der Waals surface area (Å²) in [6.07, 6.45) is 0. The molecule has 1 aromatic heterocycles. The Kier molecular flexibility index (Phi) is 5.27. The van der Waals surface area contributed by atoms with Gasteiger partial charge in [-0.25, -0.2) is 9.97 Å². The zero-order valence-electron chi connectivity index (χ0n) is 16.2. The maximum atomic E-state index is 9.83. The SMILES string of the molecule is COc1ccc(Nc2nc(-c3c(CO)cccc3OC)nc3ccccc23)cc1. The Bertz CT molecular complexity index is 1120. The highest BCUT2D eigenvalue weighted by molar-refractivity contribution is 5.92. The van der Waals surface area contributed by atoms with Gasteiger partial charge in [-0.1, -0.05) is 24.3 Å². The maximum Gasteiger partial charge on any atom is 0.166 e. The molecule has 0 spiro atoms. The van der Waals surface area contributed by atoms with Crippen molar-refractivity contribution in [1.82, 2.24) is 9.97 Å². The molecule has 0 amide bonds. The molecule has 0 aliphatic rings. The van der Waals surface area contributed by atoms with Gasteiger partial charge in [-0.3, -0.25) is 0 Å². The molecule has 4 aromatic rings. The lowest BCUT2D eigenvalue weighted by atomic mass is 10.1. The van der Waals surface area contributed by atoms with Crippen LogP contribution in [0.2, 0.25) is 0 Å². The van der Waals surface area contributed by atoms with Crippen LogP contribution in [-0.4, -0.2) is 29.3 Å². The van der Waals surface area contributed by atoms with E-state index in [1.54, 1.807) is 14.2 Å². The van der Waals surface area contributed by atoms with Gasteiger partial charge in [-0.15, -0.1) is 0 Å². The molecule has 0 aliphatic carbocycles. The summed E-state index contributed by atoms with van der Waals surface area (Å²) < 4.78 is 10.7. The van der Waals surface area contributed by atoms with Gasteiger partial charge in [0.25, 0.3) is 0 Å². The molecule has 29 heavy (non-hydrogen) atoms. The smallest absolute Gasteiger partial charge is 0.166 e. The number of aliphatic hydroxyl groups excluding tert-OH is 1. The highest BCUT2D eigenvalue weighted by Crippen LogP contribution is 2.34. The Morgan fingerprint density at radius 3 is 2.38 bits per heavy atom. The fourth-order valence-electron chi connectivity index (χ4n) is 3.23. The second kappa shape index (κ2) is 8.16. The minimum atomic E-state index is -0.135. The van der Waals surface area contributed by atoms with E-state index < -0.39 is 0 Å². The van der Waals surface area contributed by atoms with Gasteiger partial charge < -0.3 is 19.9 Å². The van der Waals surface area contributed by atoms with Crippen molar-refractivity contribution in [2.45, 2.75) is 6.61 Å². The van der Waals surface area contributed by atoms with Crippen LogP contribution in [0.15, 0.2) is 66.7 Å². The number of hydrogen-bond acceptors (Lipinski definition) is 6. The number of nitrogens with one attached hydrogen (secondary N) is 1. The van der Waals surface area contributed by atoms with Gasteiger partial charge in [0, 0.05) is 11.1 Å². The number of benzene rings is 3. The third-order valence-electron chi connectivity index (χ3n) is 4.68. The number of nitrogens with zero attached hydrogens (tertiary/aromatic N) is 2. The van der Waals surface area contributed by atoms with Gasteiger partial charge in [0.2, 0.25) is 0 Å². The van der Waals surface area contributed by atoms with Gasteiger partial charge in [0.15, 0.2) is 5.82 Å². The Morgan fingerprint density at radius 1 is 0.862 bits per heavy atom. The minimum Gasteiger partial charge on any atom is -0.497 e. The van der Waals surface area contributed by atoms with Crippen molar-refractivity contribution in [2.24, 2.45) is 0 Å². The number of hydrogen-bond donors (Lipinski definition) is 2. The standard InChI is InChI=1S/C23H21N3O3/c1-28-17-12-10-16(11-13-17)24-22-18-7-3-4-8-19(18)25-23(26-22)21-15(14-27)6-5-9-20(21)29-2/h3-13,27H,14H2,1-2H3,(H,24,25,26). The first-order valence-electron chi connectivity index (χ1n) is 9.18. The van der Waals surface area contributed by atoms with Gasteiger partial charge in [-0.05, 0) is 48.0 Å². The second-order valence-electron chi connectivity index (χ2n) is 6.42. The summed E-state index contributed by atoms with van der Waals surface area (Å²) in [5, 5.41) is 14.1. The minimum absolute atomic E-state index is 0.135. The predicted octanol–water partition coefficient (Wildman–Crippen LogP) is 4.55. The summed E-state index contributed by atoms with van der Waals surface area (Å²) in [5.41, 5.74) is 3.06. The molecule has 4 rings (SSSR count). The molecular weight excluding hydrogens is 366 g/mol. The number of methoxy groups -OCH3 is 2. The molecule has 0 atom stereocenters. The molecule has 3 aromatic carbocycles. The number of anilines is 2. The van der Waals surface area contributed by atoms with E-state index in [0.717, 1.165) is 22.3 Å². The lowest BCUT2D eigenvalue weighted by Crippen LogP contribution is -2.02. The molecule has 146 valence electrons. The van der Waals surface area contributed by atoms with Crippen molar-refractivity contribution < 1.29 is 14.6 Å². The van der Waals surface area contributed by atoms with Crippen molar-refractivity contribution in [3.8, 4) is 22.9 Å². The topological polar surface area (TPSA) is 76.5 Å². The first-order valence-corrected chi connectivity index (χ1v) is 9.18. The average Bonchev–Trinajstić information content (AvgIpc) is 2.78. The molecule has 0 unspecified atom stereocenters. The highest BCUT2D eigenvalue weighted by atomic mass is 16.5. The van der Waals surface area contributed by atoms with Crippen molar-refractivity contribution in [1.29, 1.82) is 0 Å². The molecule has 0 bridgehead atoms. The Balaban J connectivity index is 1.87. The van der Waals surface area contributed by atoms with Crippen LogP contribution in [0.25, 0.3) is 22.3 Å². The molecule has 2 N–H and O–H groups in total. The molecule has 0 saturated heterocycles. The van der Waals surface area contributed by atoms with Crippen LogP contribution in [0.1, 0.15) is 5.56 Å². The summed E-state index contributed by atoms with van der Waals surface area (Å²) in [4.78, 5) is 9.51. The Hall–Kier alpha value is -3.64. The van der Waals surface area contributed by atoms with Crippen molar-refractivity contribution >= 4 is 22.4 Å². The largest absolute Gasteiger partial charge is 0.497 e. The molecule has 6 heteroatoms. The zero-order valence-corrected chi connectivity index (χ0v) is 16.2. The normalized spacial score (nSPS) is 10.7. The van der Waals surface area contributed by atoms with Crippen molar-refractivity contribution in [3.05, 3.63) is 72.3 Å². The lowest BCUT2D eigenvalue weighted by molar-refractivity contribution is 0.281. The second-order valence-corrected chi connectivity index (χ2v) is 6.42. The predicted molar refractivity (Wildman–Crippen MR) is 114 cm³/mol. The summed E-state index contributed by atoms with van der Waals surface area (Å²) in [7, 11) is 3.23. The maximum absolute atomic E-state index is 9.83. The van der Waals surface area contributed by atoms with Crippen LogP contribution in [0.5, 0.6) is 11.5 Å². The van der Waals surface area contributed by atoms with Gasteiger partial charge in [0.1, 0.15) is 17.3 Å². The van der Waals surface area contributed by atoms with Gasteiger partial charge in [-0.2, -0.15) is 0 Å². The molecule has 0 fully saturated rings. The average molecular weight is 387 g/mol. The number of para-hydroxylation sites is 1. The molecule has 0 saturated carbocycles. The monoisotopic (exact) mass is 387 g/mol. The molecule has 0 aliphatic heterocycles. The Labute approximate surface area is 168 Å². The zero-order chi connectivity index (χ0) is 20.2. The number of rotatable bonds is 6. The van der Waals surface area contributed by atoms with Crippen molar-refractivity contribution in [3.63, 3.8) is 0 Å². The van der Waals surface area contributed by atoms with E-state index in [2.05, 4.69) is 5.32 Å². The van der Waals surface area contributed by atoms with Crippen LogP contribution in [0, 0.1) is 0 Å². The van der Waals surface area contributed by atoms with Crippen LogP contribution in [0.4, 0.5) is 11.5 Å². The lowest BCUT2D eigenvalue weighted by Gasteiger charge is -2.15. The summed E-state index contributed by atoms with van der Waals surface area (Å²) in [5.74, 6) is 2.55. The summed E-state index contributed by atoms with van der Waals surface area (Å²) in [6.45, 7) is -0.135. The van der Waals surface area contributed by atoms with Gasteiger partial charge in [0.05, 0.1) is 31.9 Å². The fourth-order valence-corrected chi connectivity index (χ4v) is 3.23. The van der Waals surface area contributed by atoms with E-state index in [9.17, 15) is 5.11 Å². The molecule has 6 nitrogen and oxygen atoms in total. The summed E-state index contributed by atoms with van der Waals surface area (Å²) in [6, 6.07) is 20.9. The van der Waals surface area contributed by atoms with Crippen LogP contribution >= 0.6 is 0 Å². The van der Waals surface area contributed by atoms with E-state index >= 15 is 0 Å². The Morgan fingerprint density at radius 2 is 1.66 bits per heavy atom. The van der Waals surface area contributed by atoms with E-state index in [1.165, 1.54) is 0 Å². The number of aliphatic hydroxyl groups is 1. The van der Waals surface area contributed by atoms with E-state index in [0.29, 0.717) is 28.5 Å². The first-order chi connectivity index (χ1) is 14.2. The van der Waals surface area contributed by atoms with Crippen LogP contribution < -0.4 is 14.8 Å². The fraction of sp³-hybridized carbons (Fsp3) is 0.130. The first kappa shape index (κ1) is 18.7. The van der Waals surface area contributed by atoms with E-state index in [1.807, 2.05) is 66.7 Å². The third kappa shape index (κ3) is 3.70. The number of ether oxygens (including phenoxy) is 2. The highest BCUT2D eigenvalue weighted by Gasteiger charge is 2.17. The molecule has 0 radical (unpaired) electrons. The number of aromatic nitrogens is 2. The number of fused-ring (bicyclic) bond motifs is 1. The van der Waals surface area contributed by atoms with E-state index in [4.69, 9.17) is 19.4 Å². The molecular formula is C23H21N3O3. The van der Waals surface area contributed by atoms with Crippen LogP contribution in [-0.2, 0) is 6.61 Å². The third-order valence-corrected chi connectivity index (χ3v) is 4.68.